The number of methoxy groups -OCH3 is 2. The Balaban J connectivity index is 2.13. The van der Waals surface area contributed by atoms with E-state index in [2.05, 4.69) is 5.32 Å². The van der Waals surface area contributed by atoms with E-state index in [1.54, 1.807) is 44.2 Å². The van der Waals surface area contributed by atoms with Gasteiger partial charge in [0.1, 0.15) is 12.6 Å². The van der Waals surface area contributed by atoms with E-state index in [-0.39, 0.29) is 17.2 Å². The number of benzene rings is 3. The lowest BCUT2D eigenvalue weighted by atomic mass is 10.1. The third kappa shape index (κ3) is 7.67. The molecule has 1 N–H and O–H groups in total. The van der Waals surface area contributed by atoms with Gasteiger partial charge in [-0.05, 0) is 80.8 Å². The second kappa shape index (κ2) is 14.1. The van der Waals surface area contributed by atoms with E-state index < -0.39 is 34.4 Å². The molecule has 3 aromatic rings. The third-order valence-corrected chi connectivity index (χ3v) is 8.95. The van der Waals surface area contributed by atoms with Crippen LogP contribution in [0.2, 0.25) is 10.0 Å². The highest BCUT2D eigenvalue weighted by Crippen LogP contribution is 2.33. The summed E-state index contributed by atoms with van der Waals surface area (Å²) >= 11 is 12.5. The zero-order valence-electron chi connectivity index (χ0n) is 24.4. The lowest BCUT2D eigenvalue weighted by molar-refractivity contribution is -0.139. The van der Waals surface area contributed by atoms with Crippen LogP contribution < -0.4 is 19.1 Å². The molecular formula is C30H35Cl2N3O6S. The van der Waals surface area contributed by atoms with Crippen LogP contribution >= 0.6 is 23.2 Å². The first-order valence-electron chi connectivity index (χ1n) is 13.2. The Kier molecular flexibility index (Phi) is 11.1. The number of hydrogen-bond donors (Lipinski definition) is 1. The fourth-order valence-electron chi connectivity index (χ4n) is 4.47. The summed E-state index contributed by atoms with van der Waals surface area (Å²) in [6.45, 7) is 6.74. The van der Waals surface area contributed by atoms with Gasteiger partial charge in [-0.15, -0.1) is 0 Å². The van der Waals surface area contributed by atoms with E-state index in [4.69, 9.17) is 32.7 Å². The van der Waals surface area contributed by atoms with Gasteiger partial charge in [-0.3, -0.25) is 13.9 Å². The van der Waals surface area contributed by atoms with Crippen LogP contribution in [0.15, 0.2) is 59.5 Å². The Morgan fingerprint density at radius 2 is 1.57 bits per heavy atom. The summed E-state index contributed by atoms with van der Waals surface area (Å²) in [5.74, 6) is -0.430. The van der Waals surface area contributed by atoms with E-state index in [0.29, 0.717) is 33.6 Å². The van der Waals surface area contributed by atoms with Gasteiger partial charge in [-0.2, -0.15) is 0 Å². The number of sulfonamides is 1. The highest BCUT2D eigenvalue weighted by atomic mass is 35.5. The Hall–Kier alpha value is -3.47. The van der Waals surface area contributed by atoms with Gasteiger partial charge in [-0.25, -0.2) is 8.42 Å². The summed E-state index contributed by atoms with van der Waals surface area (Å²) in [4.78, 5) is 28.2. The van der Waals surface area contributed by atoms with Crippen molar-refractivity contribution in [3.8, 4) is 11.5 Å². The Morgan fingerprint density at radius 3 is 2.14 bits per heavy atom. The first-order chi connectivity index (χ1) is 19.8. The quantitative estimate of drug-likeness (QED) is 0.287. The predicted octanol–water partition coefficient (Wildman–Crippen LogP) is 5.38. The van der Waals surface area contributed by atoms with Crippen LogP contribution in [0, 0.1) is 13.8 Å². The summed E-state index contributed by atoms with van der Waals surface area (Å²) in [5, 5.41) is 3.45. The van der Waals surface area contributed by atoms with Crippen molar-refractivity contribution >= 4 is 50.7 Å². The second-order valence-corrected chi connectivity index (χ2v) is 12.4. The largest absolute Gasteiger partial charge is 0.493 e. The van der Waals surface area contributed by atoms with Crippen LogP contribution in [0.1, 0.15) is 30.5 Å². The number of aryl methyl sites for hydroxylation is 2. The molecule has 0 aliphatic rings. The summed E-state index contributed by atoms with van der Waals surface area (Å²) < 4.78 is 40.0. The van der Waals surface area contributed by atoms with Crippen molar-refractivity contribution in [2.24, 2.45) is 0 Å². The second-order valence-electron chi connectivity index (χ2n) is 9.70. The minimum absolute atomic E-state index is 0.0514. The van der Waals surface area contributed by atoms with Gasteiger partial charge in [0.15, 0.2) is 11.5 Å². The average molecular weight is 637 g/mol. The van der Waals surface area contributed by atoms with Gasteiger partial charge in [0.25, 0.3) is 10.0 Å². The molecule has 226 valence electrons. The molecule has 0 saturated carbocycles. The van der Waals surface area contributed by atoms with Gasteiger partial charge >= 0.3 is 0 Å². The predicted molar refractivity (Wildman–Crippen MR) is 165 cm³/mol. The maximum atomic E-state index is 14.2. The molecule has 3 aromatic carbocycles. The van der Waals surface area contributed by atoms with Gasteiger partial charge < -0.3 is 19.7 Å². The molecule has 0 bridgehead atoms. The molecule has 0 saturated heterocycles. The number of nitrogens with one attached hydrogen (secondary N) is 1. The number of ether oxygens (including phenoxy) is 2. The minimum atomic E-state index is -4.31. The van der Waals surface area contributed by atoms with Crippen molar-refractivity contribution in [1.29, 1.82) is 0 Å². The Morgan fingerprint density at radius 1 is 0.929 bits per heavy atom. The number of halogens is 2. The molecule has 0 aromatic heterocycles. The number of amides is 2. The Bertz CT molecular complexity index is 1540. The molecule has 0 aliphatic heterocycles. The Labute approximate surface area is 257 Å². The lowest BCUT2D eigenvalue weighted by Gasteiger charge is -2.32. The van der Waals surface area contributed by atoms with Crippen molar-refractivity contribution in [2.75, 3.05) is 31.6 Å². The molecule has 0 heterocycles. The summed E-state index contributed by atoms with van der Waals surface area (Å²) in [7, 11) is -1.46. The van der Waals surface area contributed by atoms with Crippen molar-refractivity contribution in [2.45, 2.75) is 45.2 Å². The van der Waals surface area contributed by atoms with Crippen LogP contribution in [0.5, 0.6) is 11.5 Å². The number of anilines is 1. The van der Waals surface area contributed by atoms with E-state index in [9.17, 15) is 18.0 Å². The molecule has 1 atom stereocenters. The van der Waals surface area contributed by atoms with Crippen LogP contribution in [0.4, 0.5) is 5.69 Å². The molecule has 0 spiro atoms. The third-order valence-electron chi connectivity index (χ3n) is 6.59. The molecule has 0 radical (unpaired) electrons. The van der Waals surface area contributed by atoms with Crippen molar-refractivity contribution in [3.63, 3.8) is 0 Å². The molecule has 0 aliphatic carbocycles. The molecule has 2 amide bonds. The van der Waals surface area contributed by atoms with Crippen molar-refractivity contribution < 1.29 is 27.5 Å². The fraction of sp³-hybridized carbons (Fsp3) is 0.333. The molecular weight excluding hydrogens is 601 g/mol. The standard InChI is InChI=1S/C30H35Cl2N3O6S/c1-7-33-30(37)21(4)34(17-22-8-9-23(31)15-26(22)32)29(36)18-35(24-13-19(2)12-20(3)14-24)42(38,39)25-10-11-27(40-5)28(16-25)41-6/h8-16,21H,7,17-18H2,1-6H3,(H,33,37). The zero-order valence-corrected chi connectivity index (χ0v) is 26.7. The number of likely N-dealkylation sites (N-methyl/N-ethyl adjacent to an activating group) is 1. The number of nitrogens with zero attached hydrogens (tertiary/aromatic N) is 2. The van der Waals surface area contributed by atoms with Gasteiger partial charge in [0, 0.05) is 29.2 Å². The van der Waals surface area contributed by atoms with E-state index >= 15 is 0 Å². The highest BCUT2D eigenvalue weighted by Gasteiger charge is 2.33. The molecule has 12 heteroatoms. The monoisotopic (exact) mass is 635 g/mol. The molecule has 42 heavy (non-hydrogen) atoms. The molecule has 1 unspecified atom stereocenters. The smallest absolute Gasteiger partial charge is 0.264 e. The van der Waals surface area contributed by atoms with Gasteiger partial charge in [0.2, 0.25) is 11.8 Å². The van der Waals surface area contributed by atoms with Crippen LogP contribution in [-0.2, 0) is 26.2 Å². The molecule has 3 rings (SSSR count). The van der Waals surface area contributed by atoms with Crippen LogP contribution in [0.3, 0.4) is 0 Å². The van der Waals surface area contributed by atoms with Crippen LogP contribution in [0.25, 0.3) is 0 Å². The van der Waals surface area contributed by atoms with Crippen LogP contribution in [-0.4, -0.2) is 58.5 Å². The first kappa shape index (κ1) is 33.0. The highest BCUT2D eigenvalue weighted by molar-refractivity contribution is 7.92. The minimum Gasteiger partial charge on any atom is -0.493 e. The number of hydrogen-bond acceptors (Lipinski definition) is 6. The maximum Gasteiger partial charge on any atom is 0.264 e. The summed E-state index contributed by atoms with van der Waals surface area (Å²) in [5.41, 5.74) is 2.47. The van der Waals surface area contributed by atoms with Gasteiger partial charge in [0.05, 0.1) is 24.8 Å². The molecule has 0 fully saturated rings. The van der Waals surface area contributed by atoms with Crippen molar-refractivity contribution in [1.82, 2.24) is 10.2 Å². The average Bonchev–Trinajstić information content (AvgIpc) is 2.94. The maximum absolute atomic E-state index is 14.2. The van der Waals surface area contributed by atoms with E-state index in [1.807, 2.05) is 19.9 Å². The van der Waals surface area contributed by atoms with Gasteiger partial charge in [-0.1, -0.05) is 35.3 Å². The van der Waals surface area contributed by atoms with Crippen molar-refractivity contribution in [3.05, 3.63) is 81.3 Å². The summed E-state index contributed by atoms with van der Waals surface area (Å²) in [6.07, 6.45) is 0. The normalized spacial score (nSPS) is 11.9. The number of rotatable bonds is 12. The number of carbonyl (C=O) groups excluding carboxylic acids is 2. The molecule has 9 nitrogen and oxygen atoms in total. The first-order valence-corrected chi connectivity index (χ1v) is 15.4. The number of carbonyl (C=O) groups is 2. The zero-order chi connectivity index (χ0) is 31.2. The fourth-order valence-corrected chi connectivity index (χ4v) is 6.35. The topological polar surface area (TPSA) is 105 Å². The SMILES string of the molecule is CCNC(=O)C(C)N(Cc1ccc(Cl)cc1Cl)C(=O)CN(c1cc(C)cc(C)c1)S(=O)(=O)c1ccc(OC)c(OC)c1. The lowest BCUT2D eigenvalue weighted by Crippen LogP contribution is -2.51. The van der Waals surface area contributed by atoms with E-state index in [0.717, 1.165) is 15.4 Å². The summed E-state index contributed by atoms with van der Waals surface area (Å²) in [6, 6.07) is 13.4. The van der Waals surface area contributed by atoms with E-state index in [1.165, 1.54) is 37.3 Å².